The zero-order valence-corrected chi connectivity index (χ0v) is 23.5. The van der Waals surface area contributed by atoms with E-state index in [0.717, 1.165) is 23.6 Å². The zero-order valence-electron chi connectivity index (χ0n) is 23.5. The molecule has 0 radical (unpaired) electrons. The Morgan fingerprint density at radius 1 is 1.08 bits per heavy atom. The van der Waals surface area contributed by atoms with Gasteiger partial charge < -0.3 is 19.7 Å². The lowest BCUT2D eigenvalue weighted by molar-refractivity contribution is -0.136. The third kappa shape index (κ3) is 8.97. The van der Waals surface area contributed by atoms with Crippen molar-refractivity contribution < 1.29 is 19.1 Å². The standard InChI is InChI=1S/C28H44N4O4/c1-20(18-27(2,3)4)16-26(34)31(14-15-35-8)19-25(33)29-24-17-23(28(5,6)7)30-32(24)21-10-12-22(36-9)13-11-21/h10-13,17,20H,14-16,18-19H2,1-9H3,(H,29,33). The highest BCUT2D eigenvalue weighted by atomic mass is 16.5. The number of amides is 2. The molecule has 0 saturated heterocycles. The van der Waals surface area contributed by atoms with Crippen LogP contribution in [0.5, 0.6) is 5.75 Å². The number of methoxy groups -OCH3 is 2. The van der Waals surface area contributed by atoms with Crippen LogP contribution < -0.4 is 10.1 Å². The highest BCUT2D eigenvalue weighted by molar-refractivity contribution is 5.94. The third-order valence-electron chi connectivity index (χ3n) is 5.80. The molecule has 8 nitrogen and oxygen atoms in total. The van der Waals surface area contributed by atoms with Crippen molar-refractivity contribution >= 4 is 17.6 Å². The van der Waals surface area contributed by atoms with Crippen LogP contribution >= 0.6 is 0 Å². The van der Waals surface area contributed by atoms with Crippen molar-refractivity contribution in [2.45, 2.75) is 66.7 Å². The lowest BCUT2D eigenvalue weighted by Gasteiger charge is -2.26. The summed E-state index contributed by atoms with van der Waals surface area (Å²) in [4.78, 5) is 27.8. The van der Waals surface area contributed by atoms with E-state index < -0.39 is 0 Å². The number of carbonyl (C=O) groups excluding carboxylic acids is 2. The highest BCUT2D eigenvalue weighted by Gasteiger charge is 2.25. The smallest absolute Gasteiger partial charge is 0.245 e. The molecule has 8 heteroatoms. The van der Waals surface area contributed by atoms with Gasteiger partial charge in [0.2, 0.25) is 11.8 Å². The van der Waals surface area contributed by atoms with Gasteiger partial charge in [0.05, 0.1) is 31.6 Å². The Labute approximate surface area is 216 Å². The van der Waals surface area contributed by atoms with E-state index in [2.05, 4.69) is 53.8 Å². The molecule has 2 rings (SSSR count). The molecule has 2 amide bonds. The summed E-state index contributed by atoms with van der Waals surface area (Å²) in [7, 11) is 3.21. The topological polar surface area (TPSA) is 85.7 Å². The predicted octanol–water partition coefficient (Wildman–Crippen LogP) is 5.05. The average molecular weight is 501 g/mol. The maximum absolute atomic E-state index is 13.1. The largest absolute Gasteiger partial charge is 0.497 e. The first-order valence-corrected chi connectivity index (χ1v) is 12.5. The first-order chi connectivity index (χ1) is 16.7. The van der Waals surface area contributed by atoms with E-state index in [9.17, 15) is 9.59 Å². The van der Waals surface area contributed by atoms with Crippen LogP contribution in [0.1, 0.15) is 67.0 Å². The van der Waals surface area contributed by atoms with Crippen LogP contribution in [0.3, 0.4) is 0 Å². The molecule has 1 atom stereocenters. The van der Waals surface area contributed by atoms with Crippen molar-refractivity contribution in [3.05, 3.63) is 36.0 Å². The number of anilines is 1. The van der Waals surface area contributed by atoms with Gasteiger partial charge in [-0.3, -0.25) is 9.59 Å². The second kappa shape index (κ2) is 12.4. The molecule has 0 spiro atoms. The van der Waals surface area contributed by atoms with E-state index in [4.69, 9.17) is 14.6 Å². The number of aromatic nitrogens is 2. The number of nitrogens with zero attached hydrogens (tertiary/aromatic N) is 3. The lowest BCUT2D eigenvalue weighted by Crippen LogP contribution is -2.40. The number of benzene rings is 1. The third-order valence-corrected chi connectivity index (χ3v) is 5.80. The quantitative estimate of drug-likeness (QED) is 0.466. The first kappa shape index (κ1) is 29.4. The van der Waals surface area contributed by atoms with Gasteiger partial charge in [-0.15, -0.1) is 0 Å². The maximum Gasteiger partial charge on any atom is 0.245 e. The Balaban J connectivity index is 2.22. The van der Waals surface area contributed by atoms with Gasteiger partial charge in [0, 0.05) is 31.6 Å². The summed E-state index contributed by atoms with van der Waals surface area (Å²) in [5, 5.41) is 7.74. The molecule has 0 saturated carbocycles. The predicted molar refractivity (Wildman–Crippen MR) is 144 cm³/mol. The van der Waals surface area contributed by atoms with Crippen LogP contribution in [0, 0.1) is 11.3 Å². The molecule has 0 aliphatic rings. The molecule has 0 aliphatic heterocycles. The minimum absolute atomic E-state index is 0.0435. The molecule has 1 N–H and O–H groups in total. The van der Waals surface area contributed by atoms with E-state index in [0.29, 0.717) is 25.4 Å². The van der Waals surface area contributed by atoms with Crippen molar-refractivity contribution in [1.29, 1.82) is 0 Å². The minimum Gasteiger partial charge on any atom is -0.497 e. The van der Waals surface area contributed by atoms with Gasteiger partial charge in [0.1, 0.15) is 11.6 Å². The normalized spacial score (nSPS) is 12.8. The summed E-state index contributed by atoms with van der Waals surface area (Å²) in [6.07, 6.45) is 1.33. The number of rotatable bonds is 11. The molecule has 1 aromatic heterocycles. The van der Waals surface area contributed by atoms with Gasteiger partial charge in [0.15, 0.2) is 0 Å². The molecule has 0 bridgehead atoms. The fourth-order valence-corrected chi connectivity index (χ4v) is 4.15. The number of hydrogen-bond donors (Lipinski definition) is 1. The number of nitrogens with one attached hydrogen (secondary N) is 1. The van der Waals surface area contributed by atoms with E-state index in [-0.39, 0.29) is 35.1 Å². The Bertz CT molecular complexity index is 1000. The molecular formula is C28H44N4O4. The van der Waals surface area contributed by atoms with Crippen molar-refractivity contribution in [3.63, 3.8) is 0 Å². The summed E-state index contributed by atoms with van der Waals surface area (Å²) in [6, 6.07) is 9.36. The lowest BCUT2D eigenvalue weighted by atomic mass is 9.84. The van der Waals surface area contributed by atoms with Crippen LogP contribution in [0.15, 0.2) is 30.3 Å². The summed E-state index contributed by atoms with van der Waals surface area (Å²) in [5.41, 5.74) is 1.57. The Morgan fingerprint density at radius 3 is 2.25 bits per heavy atom. The molecule has 200 valence electrons. The van der Waals surface area contributed by atoms with Crippen LogP contribution in [0.4, 0.5) is 5.82 Å². The van der Waals surface area contributed by atoms with Crippen LogP contribution in [-0.4, -0.2) is 60.4 Å². The zero-order chi connectivity index (χ0) is 27.1. The fourth-order valence-electron chi connectivity index (χ4n) is 4.15. The maximum atomic E-state index is 13.1. The van der Waals surface area contributed by atoms with E-state index >= 15 is 0 Å². The van der Waals surface area contributed by atoms with Gasteiger partial charge in [-0.05, 0) is 42.0 Å². The second-order valence-electron chi connectivity index (χ2n) is 11.7. The van der Waals surface area contributed by atoms with E-state index in [1.165, 1.54) is 0 Å². The van der Waals surface area contributed by atoms with Gasteiger partial charge in [-0.1, -0.05) is 48.5 Å². The van der Waals surface area contributed by atoms with Crippen LogP contribution in [-0.2, 0) is 19.7 Å². The summed E-state index contributed by atoms with van der Waals surface area (Å²) < 4.78 is 12.2. The van der Waals surface area contributed by atoms with Crippen LogP contribution in [0.2, 0.25) is 0 Å². The average Bonchev–Trinajstić information content (AvgIpc) is 3.19. The Kier molecular flexibility index (Phi) is 10.1. The molecule has 36 heavy (non-hydrogen) atoms. The van der Waals surface area contributed by atoms with Crippen molar-refractivity contribution in [2.24, 2.45) is 11.3 Å². The Morgan fingerprint density at radius 2 is 1.72 bits per heavy atom. The number of carbonyl (C=O) groups is 2. The Hall–Kier alpha value is -2.87. The minimum atomic E-state index is -0.280. The van der Waals surface area contributed by atoms with Crippen molar-refractivity contribution in [3.8, 4) is 11.4 Å². The molecular weight excluding hydrogens is 456 g/mol. The molecule has 1 heterocycles. The molecule has 2 aromatic rings. The van der Waals surface area contributed by atoms with Gasteiger partial charge in [-0.25, -0.2) is 4.68 Å². The van der Waals surface area contributed by atoms with Gasteiger partial charge in [0.25, 0.3) is 0 Å². The SMILES string of the molecule is COCCN(CC(=O)Nc1cc(C(C)(C)C)nn1-c1ccc(OC)cc1)C(=O)CC(C)CC(C)(C)C. The van der Waals surface area contributed by atoms with E-state index in [1.54, 1.807) is 23.8 Å². The number of hydrogen-bond acceptors (Lipinski definition) is 5. The fraction of sp³-hybridized carbons (Fsp3) is 0.607. The second-order valence-corrected chi connectivity index (χ2v) is 11.7. The molecule has 0 aliphatic carbocycles. The molecule has 1 unspecified atom stereocenters. The van der Waals surface area contributed by atoms with Gasteiger partial charge in [-0.2, -0.15) is 5.10 Å². The monoisotopic (exact) mass is 500 g/mol. The van der Waals surface area contributed by atoms with Crippen LogP contribution in [0.25, 0.3) is 5.69 Å². The summed E-state index contributed by atoms with van der Waals surface area (Å²) in [5.74, 6) is 1.18. The summed E-state index contributed by atoms with van der Waals surface area (Å²) >= 11 is 0. The van der Waals surface area contributed by atoms with Gasteiger partial charge >= 0.3 is 0 Å². The molecule has 0 fully saturated rings. The molecule has 1 aromatic carbocycles. The summed E-state index contributed by atoms with van der Waals surface area (Å²) in [6.45, 7) is 15.5. The first-order valence-electron chi connectivity index (χ1n) is 12.5. The van der Waals surface area contributed by atoms with Crippen molar-refractivity contribution in [2.75, 3.05) is 39.2 Å². The highest BCUT2D eigenvalue weighted by Crippen LogP contribution is 2.28. The van der Waals surface area contributed by atoms with E-state index in [1.807, 2.05) is 30.3 Å². The number of ether oxygens (including phenoxy) is 2. The van der Waals surface area contributed by atoms with Crippen molar-refractivity contribution in [1.82, 2.24) is 14.7 Å².